The third kappa shape index (κ3) is 5.09. The van der Waals surface area contributed by atoms with E-state index in [1.807, 2.05) is 0 Å². The highest BCUT2D eigenvalue weighted by Crippen LogP contribution is 2.19. The standard InChI is InChI=1S/C24H29N3O/c1-19-7-9-21(10-8-19)24-17-22(25-26-24)13-16-28-23-11-14-27(15-12-23)18-20-5-3-2-4-6-20/h2-10,17,23H,11-16,18H2,1H3,(H,25,26). The maximum absolute atomic E-state index is 6.14. The van der Waals surface area contributed by atoms with Crippen molar-refractivity contribution >= 4 is 0 Å². The van der Waals surface area contributed by atoms with Gasteiger partial charge in [0, 0.05) is 37.3 Å². The molecule has 0 saturated carbocycles. The molecule has 146 valence electrons. The first-order chi connectivity index (χ1) is 13.8. The van der Waals surface area contributed by atoms with E-state index in [9.17, 15) is 0 Å². The van der Waals surface area contributed by atoms with Crippen LogP contribution in [0.3, 0.4) is 0 Å². The molecule has 0 amide bonds. The van der Waals surface area contributed by atoms with Crippen LogP contribution in [0.1, 0.15) is 29.7 Å². The van der Waals surface area contributed by atoms with E-state index >= 15 is 0 Å². The number of likely N-dealkylation sites (tertiary alicyclic amines) is 1. The molecule has 0 unspecified atom stereocenters. The minimum absolute atomic E-state index is 0.381. The topological polar surface area (TPSA) is 41.1 Å². The Morgan fingerprint density at radius 2 is 1.79 bits per heavy atom. The molecule has 1 aromatic heterocycles. The van der Waals surface area contributed by atoms with Gasteiger partial charge in [-0.3, -0.25) is 10.00 Å². The number of H-pyrrole nitrogens is 1. The van der Waals surface area contributed by atoms with Crippen molar-refractivity contribution < 1.29 is 4.74 Å². The van der Waals surface area contributed by atoms with Crippen molar-refractivity contribution in [2.45, 2.75) is 38.8 Å². The maximum atomic E-state index is 6.14. The number of hydrogen-bond acceptors (Lipinski definition) is 3. The third-order valence-corrected chi connectivity index (χ3v) is 5.49. The van der Waals surface area contributed by atoms with Crippen molar-refractivity contribution in [2.75, 3.05) is 19.7 Å². The molecule has 4 rings (SSSR count). The van der Waals surface area contributed by atoms with Crippen molar-refractivity contribution in [1.29, 1.82) is 0 Å². The molecule has 3 aromatic rings. The molecule has 4 heteroatoms. The van der Waals surface area contributed by atoms with Gasteiger partial charge in [-0.2, -0.15) is 5.10 Å². The molecule has 0 radical (unpaired) electrons. The number of nitrogens with one attached hydrogen (secondary N) is 1. The largest absolute Gasteiger partial charge is 0.378 e. The summed E-state index contributed by atoms with van der Waals surface area (Å²) in [4.78, 5) is 2.53. The summed E-state index contributed by atoms with van der Waals surface area (Å²) in [7, 11) is 0. The monoisotopic (exact) mass is 375 g/mol. The van der Waals surface area contributed by atoms with E-state index in [2.05, 4.69) is 82.7 Å². The fourth-order valence-corrected chi connectivity index (χ4v) is 3.77. The molecule has 1 N–H and O–H groups in total. The fourth-order valence-electron chi connectivity index (χ4n) is 3.77. The molecule has 0 atom stereocenters. The van der Waals surface area contributed by atoms with E-state index < -0.39 is 0 Å². The number of nitrogens with zero attached hydrogens (tertiary/aromatic N) is 2. The highest BCUT2D eigenvalue weighted by molar-refractivity contribution is 5.59. The first-order valence-electron chi connectivity index (χ1n) is 10.3. The number of aryl methyl sites for hydroxylation is 1. The van der Waals surface area contributed by atoms with E-state index in [-0.39, 0.29) is 0 Å². The summed E-state index contributed by atoms with van der Waals surface area (Å²) in [6.45, 7) is 6.12. The van der Waals surface area contributed by atoms with Crippen LogP contribution in [-0.2, 0) is 17.7 Å². The summed E-state index contributed by atoms with van der Waals surface area (Å²) in [5.74, 6) is 0. The Hall–Kier alpha value is -2.43. The van der Waals surface area contributed by atoms with Crippen LogP contribution in [0.25, 0.3) is 11.3 Å². The molecule has 4 nitrogen and oxygen atoms in total. The summed E-state index contributed by atoms with van der Waals surface area (Å²) < 4.78 is 6.14. The Kier molecular flexibility index (Phi) is 6.20. The SMILES string of the molecule is Cc1ccc(-c2cc(CCOC3CCN(Cc4ccccc4)CC3)[nH]n2)cc1. The first-order valence-corrected chi connectivity index (χ1v) is 10.3. The number of hydrogen-bond donors (Lipinski definition) is 1. The molecular weight excluding hydrogens is 346 g/mol. The molecule has 2 heterocycles. The Labute approximate surface area is 167 Å². The quantitative estimate of drug-likeness (QED) is 0.656. The van der Waals surface area contributed by atoms with Crippen LogP contribution in [0.5, 0.6) is 0 Å². The zero-order valence-corrected chi connectivity index (χ0v) is 16.6. The molecule has 28 heavy (non-hydrogen) atoms. The summed E-state index contributed by atoms with van der Waals surface area (Å²) >= 11 is 0. The lowest BCUT2D eigenvalue weighted by atomic mass is 10.1. The predicted octanol–water partition coefficient (Wildman–Crippen LogP) is 4.61. The molecular formula is C24H29N3O. The summed E-state index contributed by atoms with van der Waals surface area (Å²) in [6.07, 6.45) is 3.49. The molecule has 1 aliphatic heterocycles. The van der Waals surface area contributed by atoms with Crippen LogP contribution in [0.15, 0.2) is 60.7 Å². The van der Waals surface area contributed by atoms with Gasteiger partial charge in [0.25, 0.3) is 0 Å². The van der Waals surface area contributed by atoms with Crippen LogP contribution in [0.2, 0.25) is 0 Å². The zero-order valence-electron chi connectivity index (χ0n) is 16.6. The molecule has 1 saturated heterocycles. The molecule has 1 fully saturated rings. The number of benzene rings is 2. The van der Waals surface area contributed by atoms with E-state index in [0.29, 0.717) is 6.10 Å². The van der Waals surface area contributed by atoms with Crippen LogP contribution >= 0.6 is 0 Å². The van der Waals surface area contributed by atoms with Crippen molar-refractivity contribution in [3.8, 4) is 11.3 Å². The second-order valence-electron chi connectivity index (χ2n) is 7.73. The highest BCUT2D eigenvalue weighted by Gasteiger charge is 2.19. The number of rotatable bonds is 7. The van der Waals surface area contributed by atoms with Gasteiger partial charge in [0.05, 0.1) is 18.4 Å². The lowest BCUT2D eigenvalue weighted by molar-refractivity contribution is 0.00715. The highest BCUT2D eigenvalue weighted by atomic mass is 16.5. The molecule has 2 aromatic carbocycles. The Morgan fingerprint density at radius 1 is 1.04 bits per heavy atom. The molecule has 0 aliphatic carbocycles. The second-order valence-corrected chi connectivity index (χ2v) is 7.73. The van der Waals surface area contributed by atoms with Crippen LogP contribution < -0.4 is 0 Å². The van der Waals surface area contributed by atoms with Gasteiger partial charge in [-0.05, 0) is 31.4 Å². The predicted molar refractivity (Wildman–Crippen MR) is 113 cm³/mol. The van der Waals surface area contributed by atoms with Gasteiger partial charge in [0.1, 0.15) is 0 Å². The van der Waals surface area contributed by atoms with Crippen molar-refractivity contribution in [2.24, 2.45) is 0 Å². The molecule has 1 aliphatic rings. The molecule has 0 bridgehead atoms. The lowest BCUT2D eigenvalue weighted by Crippen LogP contribution is -2.36. The summed E-state index contributed by atoms with van der Waals surface area (Å²) in [5, 5.41) is 7.60. The average Bonchev–Trinajstić information content (AvgIpc) is 3.20. The zero-order chi connectivity index (χ0) is 19.2. The van der Waals surface area contributed by atoms with Crippen LogP contribution in [-0.4, -0.2) is 40.9 Å². The number of aromatic amines is 1. The molecule has 0 spiro atoms. The van der Waals surface area contributed by atoms with Crippen molar-refractivity contribution in [3.05, 3.63) is 77.5 Å². The first kappa shape index (κ1) is 18.9. The maximum Gasteiger partial charge on any atom is 0.0923 e. The van der Waals surface area contributed by atoms with Gasteiger partial charge in [0.15, 0.2) is 0 Å². The summed E-state index contributed by atoms with van der Waals surface area (Å²) in [6, 6.07) is 21.3. The van der Waals surface area contributed by atoms with E-state index in [0.717, 1.165) is 62.5 Å². The Balaban J connectivity index is 1.19. The second kappa shape index (κ2) is 9.18. The fraction of sp³-hybridized carbons (Fsp3) is 0.375. The Morgan fingerprint density at radius 3 is 2.54 bits per heavy atom. The van der Waals surface area contributed by atoms with E-state index in [1.165, 1.54) is 11.1 Å². The normalized spacial score (nSPS) is 15.8. The van der Waals surface area contributed by atoms with E-state index in [4.69, 9.17) is 4.74 Å². The van der Waals surface area contributed by atoms with Crippen molar-refractivity contribution in [3.63, 3.8) is 0 Å². The third-order valence-electron chi connectivity index (χ3n) is 5.49. The Bertz CT molecular complexity index is 849. The van der Waals surface area contributed by atoms with Gasteiger partial charge >= 0.3 is 0 Å². The van der Waals surface area contributed by atoms with E-state index in [1.54, 1.807) is 0 Å². The van der Waals surface area contributed by atoms with Gasteiger partial charge in [-0.1, -0.05) is 60.2 Å². The van der Waals surface area contributed by atoms with Gasteiger partial charge in [0.2, 0.25) is 0 Å². The van der Waals surface area contributed by atoms with Gasteiger partial charge < -0.3 is 4.74 Å². The number of piperidine rings is 1. The minimum atomic E-state index is 0.381. The lowest BCUT2D eigenvalue weighted by Gasteiger charge is -2.31. The van der Waals surface area contributed by atoms with Crippen molar-refractivity contribution in [1.82, 2.24) is 15.1 Å². The van der Waals surface area contributed by atoms with Crippen LogP contribution in [0.4, 0.5) is 0 Å². The van der Waals surface area contributed by atoms with Gasteiger partial charge in [-0.25, -0.2) is 0 Å². The smallest absolute Gasteiger partial charge is 0.0923 e. The van der Waals surface area contributed by atoms with Crippen LogP contribution in [0, 0.1) is 6.92 Å². The number of ether oxygens (including phenoxy) is 1. The van der Waals surface area contributed by atoms with Gasteiger partial charge in [-0.15, -0.1) is 0 Å². The number of aromatic nitrogens is 2. The summed E-state index contributed by atoms with van der Waals surface area (Å²) in [5.41, 5.74) is 5.95. The minimum Gasteiger partial charge on any atom is -0.378 e. The average molecular weight is 376 g/mol.